The van der Waals surface area contributed by atoms with Crippen LogP contribution in [0.25, 0.3) is 28.7 Å². The van der Waals surface area contributed by atoms with Crippen molar-refractivity contribution in [2.45, 2.75) is 0 Å². The summed E-state index contributed by atoms with van der Waals surface area (Å²) < 4.78 is 11.2. The number of furan rings is 2. The molecule has 4 aromatic rings. The number of hydrogen-bond donors (Lipinski definition) is 0. The first-order chi connectivity index (χ1) is 15.4. The van der Waals surface area contributed by atoms with Crippen LogP contribution in [-0.2, 0) is 0 Å². The molecule has 0 aliphatic rings. The van der Waals surface area contributed by atoms with E-state index in [9.17, 15) is 25.0 Å². The fourth-order valence-corrected chi connectivity index (χ4v) is 2.98. The number of nitro benzene ring substituents is 2. The van der Waals surface area contributed by atoms with Gasteiger partial charge in [0.15, 0.2) is 5.76 Å². The Balaban J connectivity index is 1.47. The number of benzene rings is 2. The van der Waals surface area contributed by atoms with Gasteiger partial charge < -0.3 is 8.83 Å². The average molecular weight is 430 g/mol. The van der Waals surface area contributed by atoms with Crippen molar-refractivity contribution in [3.8, 4) is 22.6 Å². The molecule has 4 rings (SSSR count). The number of nitro groups is 2. The number of ketones is 1. The maximum absolute atomic E-state index is 12.4. The molecule has 0 unspecified atom stereocenters. The molecule has 2 aromatic heterocycles. The summed E-state index contributed by atoms with van der Waals surface area (Å²) in [5, 5.41) is 21.7. The van der Waals surface area contributed by atoms with Gasteiger partial charge in [-0.1, -0.05) is 12.1 Å². The molecule has 0 saturated carbocycles. The summed E-state index contributed by atoms with van der Waals surface area (Å²) >= 11 is 0. The van der Waals surface area contributed by atoms with Crippen LogP contribution in [0.5, 0.6) is 0 Å². The van der Waals surface area contributed by atoms with E-state index in [0.717, 1.165) is 0 Å². The van der Waals surface area contributed by atoms with Gasteiger partial charge in [0.2, 0.25) is 5.78 Å². The predicted molar refractivity (Wildman–Crippen MR) is 115 cm³/mol. The molecule has 158 valence electrons. The Bertz CT molecular complexity index is 1350. The van der Waals surface area contributed by atoms with Crippen molar-refractivity contribution in [2.75, 3.05) is 0 Å². The minimum absolute atomic E-state index is 0.0394. The summed E-state index contributed by atoms with van der Waals surface area (Å²) in [6, 6.07) is 18.3. The highest BCUT2D eigenvalue weighted by molar-refractivity contribution is 6.05. The lowest BCUT2D eigenvalue weighted by Crippen LogP contribution is -1.90. The molecule has 0 fully saturated rings. The number of non-ortho nitro benzene ring substituents is 2. The van der Waals surface area contributed by atoms with Gasteiger partial charge in [-0.2, -0.15) is 0 Å². The Kier molecular flexibility index (Phi) is 5.45. The van der Waals surface area contributed by atoms with Crippen LogP contribution >= 0.6 is 0 Å². The zero-order chi connectivity index (χ0) is 22.7. The van der Waals surface area contributed by atoms with Crippen LogP contribution in [0, 0.1) is 20.2 Å². The summed E-state index contributed by atoms with van der Waals surface area (Å²) in [5.41, 5.74) is 1.06. The third-order valence-corrected chi connectivity index (χ3v) is 4.58. The molecule has 0 spiro atoms. The van der Waals surface area contributed by atoms with Crippen molar-refractivity contribution >= 4 is 23.2 Å². The van der Waals surface area contributed by atoms with Crippen molar-refractivity contribution < 1.29 is 23.5 Å². The van der Waals surface area contributed by atoms with Crippen molar-refractivity contribution in [3.05, 3.63) is 111 Å². The van der Waals surface area contributed by atoms with Crippen molar-refractivity contribution in [3.63, 3.8) is 0 Å². The topological polar surface area (TPSA) is 130 Å². The number of carbonyl (C=O) groups excluding carboxylic acids is 1. The molecular weight excluding hydrogens is 416 g/mol. The third-order valence-electron chi connectivity index (χ3n) is 4.58. The smallest absolute Gasteiger partial charge is 0.270 e. The largest absolute Gasteiger partial charge is 0.457 e. The zero-order valence-corrected chi connectivity index (χ0v) is 16.3. The SMILES string of the molecule is O=C(/C=C/c1ccc(-c2cccc([N+](=O)[O-])c2)o1)c1ccc(-c2ccc([N+](=O)[O-])cc2)o1. The minimum Gasteiger partial charge on any atom is -0.457 e. The van der Waals surface area contributed by atoms with E-state index in [1.165, 1.54) is 42.5 Å². The van der Waals surface area contributed by atoms with Crippen molar-refractivity contribution in [1.29, 1.82) is 0 Å². The zero-order valence-electron chi connectivity index (χ0n) is 16.3. The van der Waals surface area contributed by atoms with Gasteiger partial charge in [0.1, 0.15) is 17.3 Å². The predicted octanol–water partition coefficient (Wildman–Crippen LogP) is 5.92. The quantitative estimate of drug-likeness (QED) is 0.154. The molecule has 0 bridgehead atoms. The second-order valence-corrected chi connectivity index (χ2v) is 6.67. The summed E-state index contributed by atoms with van der Waals surface area (Å²) in [4.78, 5) is 33.1. The highest BCUT2D eigenvalue weighted by Crippen LogP contribution is 2.27. The van der Waals surface area contributed by atoms with E-state index in [0.29, 0.717) is 28.4 Å². The van der Waals surface area contributed by atoms with E-state index in [4.69, 9.17) is 8.83 Å². The van der Waals surface area contributed by atoms with Crippen LogP contribution in [0.2, 0.25) is 0 Å². The maximum Gasteiger partial charge on any atom is 0.270 e. The molecule has 9 heteroatoms. The van der Waals surface area contributed by atoms with Crippen LogP contribution in [0.15, 0.2) is 87.7 Å². The Labute approximate surface area is 180 Å². The molecule has 0 atom stereocenters. The molecular formula is C23H14N2O7. The first-order valence-corrected chi connectivity index (χ1v) is 9.32. The van der Waals surface area contributed by atoms with E-state index < -0.39 is 15.6 Å². The highest BCUT2D eigenvalue weighted by Gasteiger charge is 2.13. The van der Waals surface area contributed by atoms with E-state index in [2.05, 4.69) is 0 Å². The van der Waals surface area contributed by atoms with Gasteiger partial charge in [-0.3, -0.25) is 25.0 Å². The summed E-state index contributed by atoms with van der Waals surface area (Å²) in [5.74, 6) is 0.926. The minimum atomic E-state index is -0.495. The Hall–Kier alpha value is -4.79. The molecule has 2 aromatic carbocycles. The molecule has 0 amide bonds. The third kappa shape index (κ3) is 4.36. The maximum atomic E-state index is 12.4. The summed E-state index contributed by atoms with van der Waals surface area (Å²) in [7, 11) is 0. The number of hydrogen-bond acceptors (Lipinski definition) is 7. The van der Waals surface area contributed by atoms with Crippen LogP contribution in [0.1, 0.15) is 16.3 Å². The monoisotopic (exact) mass is 430 g/mol. The molecule has 0 radical (unpaired) electrons. The van der Waals surface area contributed by atoms with E-state index in [1.807, 2.05) is 0 Å². The molecule has 9 nitrogen and oxygen atoms in total. The fraction of sp³-hybridized carbons (Fsp3) is 0. The molecule has 0 N–H and O–H groups in total. The molecule has 0 aliphatic heterocycles. The summed E-state index contributed by atoms with van der Waals surface area (Å²) in [6.45, 7) is 0. The highest BCUT2D eigenvalue weighted by atomic mass is 16.6. The van der Waals surface area contributed by atoms with Crippen LogP contribution in [0.3, 0.4) is 0 Å². The van der Waals surface area contributed by atoms with Gasteiger partial charge in [-0.25, -0.2) is 0 Å². The van der Waals surface area contributed by atoms with Gasteiger partial charge in [-0.05, 0) is 48.6 Å². The number of rotatable bonds is 7. The van der Waals surface area contributed by atoms with E-state index >= 15 is 0 Å². The van der Waals surface area contributed by atoms with Crippen LogP contribution in [-0.4, -0.2) is 15.6 Å². The van der Waals surface area contributed by atoms with Crippen LogP contribution < -0.4 is 0 Å². The first-order valence-electron chi connectivity index (χ1n) is 9.32. The van der Waals surface area contributed by atoms with Crippen molar-refractivity contribution in [2.24, 2.45) is 0 Å². The Morgan fingerprint density at radius 3 is 2.16 bits per heavy atom. The lowest BCUT2D eigenvalue weighted by molar-refractivity contribution is -0.385. The van der Waals surface area contributed by atoms with Gasteiger partial charge >= 0.3 is 0 Å². The fourth-order valence-electron chi connectivity index (χ4n) is 2.98. The summed E-state index contributed by atoms with van der Waals surface area (Å²) in [6.07, 6.45) is 2.76. The first kappa shape index (κ1) is 20.5. The average Bonchev–Trinajstić information content (AvgIpc) is 3.48. The lowest BCUT2D eigenvalue weighted by atomic mass is 10.1. The van der Waals surface area contributed by atoms with Gasteiger partial charge in [-0.15, -0.1) is 0 Å². The number of nitrogens with zero attached hydrogens (tertiary/aromatic N) is 2. The standard InChI is InChI=1S/C23H14N2O7/c26-20(23-13-12-21(32-23)15-4-6-17(7-5-15)24(27)28)10-8-19-9-11-22(31-19)16-2-1-3-18(14-16)25(29)30/h1-14H/b10-8+. The Morgan fingerprint density at radius 1 is 0.750 bits per heavy atom. The van der Waals surface area contributed by atoms with Gasteiger partial charge in [0.05, 0.1) is 9.85 Å². The van der Waals surface area contributed by atoms with E-state index in [-0.39, 0.29) is 17.1 Å². The van der Waals surface area contributed by atoms with Gasteiger partial charge in [0, 0.05) is 35.4 Å². The molecule has 2 heterocycles. The molecule has 32 heavy (non-hydrogen) atoms. The lowest BCUT2D eigenvalue weighted by Gasteiger charge is -1.97. The number of carbonyl (C=O) groups is 1. The van der Waals surface area contributed by atoms with Crippen molar-refractivity contribution in [1.82, 2.24) is 0 Å². The van der Waals surface area contributed by atoms with Gasteiger partial charge in [0.25, 0.3) is 11.4 Å². The second kappa shape index (κ2) is 8.52. The van der Waals surface area contributed by atoms with Crippen LogP contribution in [0.4, 0.5) is 11.4 Å². The molecule has 0 aliphatic carbocycles. The second-order valence-electron chi connectivity index (χ2n) is 6.67. The Morgan fingerprint density at radius 2 is 1.44 bits per heavy atom. The normalized spacial score (nSPS) is 11.0. The molecule has 0 saturated heterocycles. The number of allylic oxidation sites excluding steroid dienone is 1. The van der Waals surface area contributed by atoms with E-state index in [1.54, 1.807) is 42.5 Å².